The topological polar surface area (TPSA) is 65.7 Å². The van der Waals surface area contributed by atoms with Crippen molar-refractivity contribution in [1.82, 2.24) is 9.66 Å². The van der Waals surface area contributed by atoms with Gasteiger partial charge in [-0.15, -0.1) is 0 Å². The standard InChI is InChI=1S/C25H30BrN3O3/c1-6-16(4)24-28-21-11-10-19(26)14-20(21)25(30)29(24)27-15-18-9-12-22(32-17(5)7-2)23(13-18)31-8-3/h9-17H,6-8H2,1-5H3/t16-,17-/m0/s1. The summed E-state index contributed by atoms with van der Waals surface area (Å²) < 4.78 is 14.0. The van der Waals surface area contributed by atoms with E-state index in [9.17, 15) is 4.79 Å². The molecule has 32 heavy (non-hydrogen) atoms. The van der Waals surface area contributed by atoms with E-state index in [1.165, 1.54) is 4.68 Å². The van der Waals surface area contributed by atoms with Gasteiger partial charge in [-0.3, -0.25) is 4.79 Å². The fourth-order valence-corrected chi connectivity index (χ4v) is 3.54. The molecule has 1 heterocycles. The molecule has 3 rings (SSSR count). The summed E-state index contributed by atoms with van der Waals surface area (Å²) >= 11 is 3.44. The van der Waals surface area contributed by atoms with Crippen LogP contribution in [0.4, 0.5) is 0 Å². The van der Waals surface area contributed by atoms with E-state index in [0.29, 0.717) is 34.8 Å². The largest absolute Gasteiger partial charge is 0.490 e. The molecular weight excluding hydrogens is 470 g/mol. The Hall–Kier alpha value is -2.67. The molecule has 0 radical (unpaired) electrons. The van der Waals surface area contributed by atoms with Gasteiger partial charge in [0.15, 0.2) is 11.5 Å². The molecule has 7 heteroatoms. The molecule has 0 aliphatic carbocycles. The first-order chi connectivity index (χ1) is 15.4. The lowest BCUT2D eigenvalue weighted by Gasteiger charge is -2.16. The maximum atomic E-state index is 13.3. The minimum absolute atomic E-state index is 0.0817. The molecule has 1 aromatic heterocycles. The Labute approximate surface area is 197 Å². The Balaban J connectivity index is 2.06. The second kappa shape index (κ2) is 10.8. The Morgan fingerprint density at radius 3 is 2.56 bits per heavy atom. The van der Waals surface area contributed by atoms with Crippen molar-refractivity contribution < 1.29 is 9.47 Å². The number of benzene rings is 2. The maximum absolute atomic E-state index is 13.3. The van der Waals surface area contributed by atoms with Crippen LogP contribution in [-0.2, 0) is 0 Å². The molecule has 0 aliphatic heterocycles. The lowest BCUT2D eigenvalue weighted by molar-refractivity contribution is 0.203. The highest BCUT2D eigenvalue weighted by molar-refractivity contribution is 9.10. The fraction of sp³-hybridized carbons (Fsp3) is 0.400. The first-order valence-corrected chi connectivity index (χ1v) is 11.9. The van der Waals surface area contributed by atoms with E-state index in [1.807, 2.05) is 51.1 Å². The highest BCUT2D eigenvalue weighted by Gasteiger charge is 2.16. The predicted molar refractivity (Wildman–Crippen MR) is 133 cm³/mol. The number of hydrogen-bond acceptors (Lipinski definition) is 5. The van der Waals surface area contributed by atoms with Crippen LogP contribution in [0.5, 0.6) is 11.5 Å². The zero-order valence-corrected chi connectivity index (χ0v) is 20.8. The van der Waals surface area contributed by atoms with E-state index in [1.54, 1.807) is 12.3 Å². The molecule has 2 aromatic carbocycles. The van der Waals surface area contributed by atoms with Crippen LogP contribution in [0.25, 0.3) is 10.9 Å². The molecule has 0 saturated carbocycles. The van der Waals surface area contributed by atoms with Crippen molar-refractivity contribution in [2.45, 2.75) is 59.5 Å². The third-order valence-electron chi connectivity index (χ3n) is 5.38. The van der Waals surface area contributed by atoms with Gasteiger partial charge in [0.25, 0.3) is 5.56 Å². The summed E-state index contributed by atoms with van der Waals surface area (Å²) in [5.41, 5.74) is 1.29. The number of fused-ring (bicyclic) bond motifs is 1. The molecule has 0 spiro atoms. The van der Waals surface area contributed by atoms with Gasteiger partial charge in [0.1, 0.15) is 5.82 Å². The lowest BCUT2D eigenvalue weighted by Crippen LogP contribution is -2.23. The first-order valence-electron chi connectivity index (χ1n) is 11.1. The van der Waals surface area contributed by atoms with Crippen LogP contribution in [0, 0.1) is 0 Å². The summed E-state index contributed by atoms with van der Waals surface area (Å²) in [6.07, 6.45) is 3.50. The van der Waals surface area contributed by atoms with Crippen LogP contribution in [0.15, 0.2) is 50.8 Å². The van der Waals surface area contributed by atoms with Gasteiger partial charge in [-0.25, -0.2) is 4.98 Å². The number of nitrogens with zero attached hydrogens (tertiary/aromatic N) is 3. The molecule has 0 fully saturated rings. The summed E-state index contributed by atoms with van der Waals surface area (Å²) in [7, 11) is 0. The molecule has 0 unspecified atom stereocenters. The SMILES string of the molecule is CCOc1cc(C=Nn2c([C@@H](C)CC)nc3ccc(Br)cc3c2=O)ccc1O[C@@H](C)CC. The Morgan fingerprint density at radius 1 is 1.09 bits per heavy atom. The minimum Gasteiger partial charge on any atom is -0.490 e. The fourth-order valence-electron chi connectivity index (χ4n) is 3.17. The van der Waals surface area contributed by atoms with Gasteiger partial charge < -0.3 is 9.47 Å². The number of hydrogen-bond donors (Lipinski definition) is 0. The van der Waals surface area contributed by atoms with Crippen LogP contribution < -0.4 is 15.0 Å². The van der Waals surface area contributed by atoms with E-state index >= 15 is 0 Å². The Bertz CT molecular complexity index is 1170. The second-order valence-corrected chi connectivity index (χ2v) is 8.69. The van der Waals surface area contributed by atoms with E-state index in [2.05, 4.69) is 34.9 Å². The van der Waals surface area contributed by atoms with E-state index in [-0.39, 0.29) is 17.6 Å². The molecule has 0 N–H and O–H groups in total. The summed E-state index contributed by atoms with van der Waals surface area (Å²) in [6.45, 7) is 10.7. The van der Waals surface area contributed by atoms with E-state index in [0.717, 1.165) is 22.9 Å². The normalized spacial score (nSPS) is 13.4. The Kier molecular flexibility index (Phi) is 8.07. The Morgan fingerprint density at radius 2 is 1.88 bits per heavy atom. The molecule has 0 saturated heterocycles. The van der Waals surface area contributed by atoms with Gasteiger partial charge in [0.2, 0.25) is 0 Å². The van der Waals surface area contributed by atoms with Gasteiger partial charge in [0.05, 0.1) is 29.8 Å². The van der Waals surface area contributed by atoms with Gasteiger partial charge in [-0.1, -0.05) is 36.7 Å². The lowest BCUT2D eigenvalue weighted by atomic mass is 10.1. The third kappa shape index (κ3) is 5.38. The highest BCUT2D eigenvalue weighted by Crippen LogP contribution is 2.29. The second-order valence-electron chi connectivity index (χ2n) is 7.78. The van der Waals surface area contributed by atoms with Gasteiger partial charge in [0, 0.05) is 10.4 Å². The zero-order valence-electron chi connectivity index (χ0n) is 19.3. The van der Waals surface area contributed by atoms with Crippen molar-refractivity contribution >= 4 is 33.0 Å². The van der Waals surface area contributed by atoms with Crippen LogP contribution in [0.2, 0.25) is 0 Å². The summed E-state index contributed by atoms with van der Waals surface area (Å²) in [4.78, 5) is 18.0. The predicted octanol–water partition coefficient (Wildman–Crippen LogP) is 6.13. The number of rotatable bonds is 9. The first kappa shape index (κ1) is 24.0. The van der Waals surface area contributed by atoms with E-state index < -0.39 is 0 Å². The van der Waals surface area contributed by atoms with E-state index in [4.69, 9.17) is 14.5 Å². The molecule has 170 valence electrons. The zero-order chi connectivity index (χ0) is 23.3. The van der Waals surface area contributed by atoms with Crippen LogP contribution >= 0.6 is 15.9 Å². The molecule has 3 aromatic rings. The van der Waals surface area contributed by atoms with Crippen molar-refractivity contribution in [2.24, 2.45) is 5.10 Å². The van der Waals surface area contributed by atoms with Crippen molar-refractivity contribution in [3.05, 3.63) is 62.6 Å². The molecule has 0 bridgehead atoms. The average Bonchev–Trinajstić information content (AvgIpc) is 2.79. The molecular formula is C25H30BrN3O3. The molecule has 0 amide bonds. The third-order valence-corrected chi connectivity index (χ3v) is 5.87. The number of ether oxygens (including phenoxy) is 2. The highest BCUT2D eigenvalue weighted by atomic mass is 79.9. The van der Waals surface area contributed by atoms with Crippen LogP contribution in [-0.4, -0.2) is 28.6 Å². The van der Waals surface area contributed by atoms with Crippen LogP contribution in [0.3, 0.4) is 0 Å². The summed E-state index contributed by atoms with van der Waals surface area (Å²) in [5.74, 6) is 2.09. The quantitative estimate of drug-likeness (QED) is 0.332. The van der Waals surface area contributed by atoms with Gasteiger partial charge >= 0.3 is 0 Å². The number of halogens is 1. The molecule has 0 aliphatic rings. The molecule has 6 nitrogen and oxygen atoms in total. The van der Waals surface area contributed by atoms with Gasteiger partial charge in [-0.05, 0) is 68.7 Å². The summed E-state index contributed by atoms with van der Waals surface area (Å²) in [6, 6.07) is 11.2. The summed E-state index contributed by atoms with van der Waals surface area (Å²) in [5, 5.41) is 5.06. The van der Waals surface area contributed by atoms with Crippen molar-refractivity contribution in [2.75, 3.05) is 6.61 Å². The van der Waals surface area contributed by atoms with Crippen molar-refractivity contribution in [3.63, 3.8) is 0 Å². The van der Waals surface area contributed by atoms with Crippen molar-refractivity contribution in [1.29, 1.82) is 0 Å². The number of aromatic nitrogens is 2. The minimum atomic E-state index is -0.190. The van der Waals surface area contributed by atoms with Crippen LogP contribution in [0.1, 0.15) is 64.8 Å². The monoisotopic (exact) mass is 499 g/mol. The average molecular weight is 500 g/mol. The maximum Gasteiger partial charge on any atom is 0.282 e. The smallest absolute Gasteiger partial charge is 0.282 e. The van der Waals surface area contributed by atoms with Gasteiger partial charge in [-0.2, -0.15) is 9.78 Å². The van der Waals surface area contributed by atoms with Crippen molar-refractivity contribution in [3.8, 4) is 11.5 Å². The molecule has 2 atom stereocenters.